The monoisotopic (exact) mass is 531 g/mol. The van der Waals surface area contributed by atoms with E-state index in [1.54, 1.807) is 12.1 Å². The zero-order chi connectivity index (χ0) is 27.0. The standard InChI is InChI=1S/C25H27F6N3O3/c1-34-8-7-24(14-3-4-19(37-22(27)28)20(11-14)36-2)6-5-17(13-21(24)34)32-23(35)33-18-10-15(25(29,30)31)9-16(26)12-18/h3-4,9-12,17,21-22H,5-8,13H2,1-2H3,(H2,32,33,35). The number of benzene rings is 2. The molecular formula is C25H27F6N3O3. The highest BCUT2D eigenvalue weighted by Crippen LogP contribution is 2.50. The predicted molar refractivity (Wildman–Crippen MR) is 124 cm³/mol. The van der Waals surface area contributed by atoms with E-state index in [4.69, 9.17) is 4.74 Å². The average molecular weight is 531 g/mol. The molecule has 3 unspecified atom stereocenters. The van der Waals surface area contributed by atoms with Crippen molar-refractivity contribution < 1.29 is 40.6 Å². The second-order valence-electron chi connectivity index (χ2n) is 9.44. The molecule has 2 aromatic carbocycles. The van der Waals surface area contributed by atoms with Crippen molar-refractivity contribution in [3.8, 4) is 11.5 Å². The second-order valence-corrected chi connectivity index (χ2v) is 9.44. The van der Waals surface area contributed by atoms with Crippen molar-refractivity contribution in [1.29, 1.82) is 0 Å². The first-order valence-corrected chi connectivity index (χ1v) is 11.7. The molecule has 3 atom stereocenters. The van der Waals surface area contributed by atoms with Gasteiger partial charge in [-0.25, -0.2) is 9.18 Å². The normalized spacial score (nSPS) is 24.0. The fourth-order valence-corrected chi connectivity index (χ4v) is 5.60. The first-order chi connectivity index (χ1) is 17.4. The fourth-order valence-electron chi connectivity index (χ4n) is 5.60. The fraction of sp³-hybridized carbons (Fsp3) is 0.480. The smallest absolute Gasteiger partial charge is 0.416 e. The Balaban J connectivity index is 1.47. The highest BCUT2D eigenvalue weighted by molar-refractivity contribution is 5.89. The summed E-state index contributed by atoms with van der Waals surface area (Å²) in [6, 6.07) is 5.79. The van der Waals surface area contributed by atoms with Gasteiger partial charge < -0.3 is 25.0 Å². The maximum Gasteiger partial charge on any atom is 0.416 e. The van der Waals surface area contributed by atoms with Gasteiger partial charge in [0.05, 0.1) is 12.7 Å². The number of ether oxygens (including phenoxy) is 2. The first-order valence-electron chi connectivity index (χ1n) is 11.7. The molecule has 12 heteroatoms. The van der Waals surface area contributed by atoms with Crippen molar-refractivity contribution >= 4 is 11.7 Å². The second kappa shape index (κ2) is 10.3. The lowest BCUT2D eigenvalue weighted by Crippen LogP contribution is -2.52. The summed E-state index contributed by atoms with van der Waals surface area (Å²) < 4.78 is 87.9. The molecule has 0 aromatic heterocycles. The summed E-state index contributed by atoms with van der Waals surface area (Å²) in [5.74, 6) is -0.965. The van der Waals surface area contributed by atoms with E-state index in [2.05, 4.69) is 20.3 Å². The van der Waals surface area contributed by atoms with E-state index < -0.39 is 30.2 Å². The highest BCUT2D eigenvalue weighted by Gasteiger charge is 2.50. The molecule has 0 bridgehead atoms. The number of hydrogen-bond acceptors (Lipinski definition) is 4. The largest absolute Gasteiger partial charge is 0.493 e. The number of alkyl halides is 5. The van der Waals surface area contributed by atoms with Gasteiger partial charge in [-0.2, -0.15) is 22.0 Å². The van der Waals surface area contributed by atoms with Crippen molar-refractivity contribution in [2.75, 3.05) is 26.0 Å². The quantitative estimate of drug-likeness (QED) is 0.465. The maximum absolute atomic E-state index is 13.7. The maximum atomic E-state index is 13.7. The van der Waals surface area contributed by atoms with Crippen LogP contribution < -0.4 is 20.1 Å². The molecule has 2 aromatic rings. The Morgan fingerprint density at radius 3 is 2.57 bits per heavy atom. The Hall–Kier alpha value is -3.15. The molecule has 202 valence electrons. The lowest BCUT2D eigenvalue weighted by atomic mass is 9.65. The molecule has 0 radical (unpaired) electrons. The van der Waals surface area contributed by atoms with E-state index in [9.17, 15) is 31.1 Å². The molecule has 1 aliphatic heterocycles. The first kappa shape index (κ1) is 26.9. The van der Waals surface area contributed by atoms with Gasteiger partial charge in [0.2, 0.25) is 0 Å². The van der Waals surface area contributed by atoms with Gasteiger partial charge >= 0.3 is 18.8 Å². The van der Waals surface area contributed by atoms with Crippen LogP contribution in [-0.4, -0.2) is 50.3 Å². The van der Waals surface area contributed by atoms with Gasteiger partial charge in [0.15, 0.2) is 11.5 Å². The number of nitrogens with one attached hydrogen (secondary N) is 2. The van der Waals surface area contributed by atoms with Gasteiger partial charge in [-0.15, -0.1) is 0 Å². The Kier molecular flexibility index (Phi) is 7.50. The highest BCUT2D eigenvalue weighted by atomic mass is 19.4. The van der Waals surface area contributed by atoms with Gasteiger partial charge in [0.25, 0.3) is 0 Å². The summed E-state index contributed by atoms with van der Waals surface area (Å²) in [4.78, 5) is 14.7. The molecule has 4 rings (SSSR count). The van der Waals surface area contributed by atoms with Crippen LogP contribution in [0.1, 0.15) is 36.8 Å². The summed E-state index contributed by atoms with van der Waals surface area (Å²) in [6.45, 7) is -2.20. The van der Waals surface area contributed by atoms with Gasteiger partial charge in [0, 0.05) is 23.2 Å². The van der Waals surface area contributed by atoms with Crippen LogP contribution in [0.25, 0.3) is 0 Å². The van der Waals surface area contributed by atoms with Gasteiger partial charge in [-0.3, -0.25) is 0 Å². The van der Waals surface area contributed by atoms with Crippen LogP contribution in [0.5, 0.6) is 11.5 Å². The minimum absolute atomic E-state index is 0.00382. The van der Waals surface area contributed by atoms with Crippen LogP contribution in [0.4, 0.5) is 36.8 Å². The van der Waals surface area contributed by atoms with E-state index in [1.807, 2.05) is 7.05 Å². The van der Waals surface area contributed by atoms with Crippen molar-refractivity contribution in [2.24, 2.45) is 0 Å². The number of methoxy groups -OCH3 is 1. The Labute approximate surface area is 209 Å². The zero-order valence-electron chi connectivity index (χ0n) is 20.2. The van der Waals surface area contributed by atoms with Crippen LogP contribution in [0.2, 0.25) is 0 Å². The minimum atomic E-state index is -4.75. The molecule has 1 aliphatic carbocycles. The van der Waals surface area contributed by atoms with E-state index in [1.165, 1.54) is 13.2 Å². The lowest BCUT2D eigenvalue weighted by molar-refractivity contribution is -0.137. The van der Waals surface area contributed by atoms with Crippen LogP contribution in [0, 0.1) is 5.82 Å². The minimum Gasteiger partial charge on any atom is -0.493 e. The van der Waals surface area contributed by atoms with Crippen LogP contribution >= 0.6 is 0 Å². The Morgan fingerprint density at radius 1 is 1.14 bits per heavy atom. The van der Waals surface area contributed by atoms with Crippen molar-refractivity contribution in [3.05, 3.63) is 53.3 Å². The molecule has 1 saturated carbocycles. The number of carbonyl (C=O) groups excluding carboxylic acids is 1. The predicted octanol–water partition coefficient (Wildman–Crippen LogP) is 5.77. The number of likely N-dealkylation sites (N-methyl/N-ethyl adjacent to an activating group) is 1. The third kappa shape index (κ3) is 5.73. The molecular weight excluding hydrogens is 504 g/mol. The Morgan fingerprint density at radius 2 is 1.89 bits per heavy atom. The summed E-state index contributed by atoms with van der Waals surface area (Å²) in [7, 11) is 3.34. The number of hydrogen-bond donors (Lipinski definition) is 2. The van der Waals surface area contributed by atoms with Crippen molar-refractivity contribution in [1.82, 2.24) is 10.2 Å². The van der Waals surface area contributed by atoms with Gasteiger partial charge in [-0.05, 0) is 75.2 Å². The summed E-state index contributed by atoms with van der Waals surface area (Å²) in [6.07, 6.45) is -2.13. The number of carbonyl (C=O) groups is 1. The molecule has 2 aliphatic rings. The molecule has 2 N–H and O–H groups in total. The van der Waals surface area contributed by atoms with Crippen LogP contribution in [0.15, 0.2) is 36.4 Å². The zero-order valence-corrected chi connectivity index (χ0v) is 20.2. The number of amides is 2. The van der Waals surface area contributed by atoms with Gasteiger partial charge in [-0.1, -0.05) is 6.07 Å². The van der Waals surface area contributed by atoms with E-state index >= 15 is 0 Å². The van der Waals surface area contributed by atoms with E-state index in [0.29, 0.717) is 31.4 Å². The summed E-state index contributed by atoms with van der Waals surface area (Å²) >= 11 is 0. The van der Waals surface area contributed by atoms with Crippen LogP contribution in [-0.2, 0) is 11.6 Å². The molecule has 6 nitrogen and oxygen atoms in total. The van der Waals surface area contributed by atoms with Crippen LogP contribution in [0.3, 0.4) is 0 Å². The topological polar surface area (TPSA) is 62.8 Å². The summed E-state index contributed by atoms with van der Waals surface area (Å²) in [5, 5.41) is 5.09. The number of anilines is 1. The molecule has 1 heterocycles. The summed E-state index contributed by atoms with van der Waals surface area (Å²) in [5.41, 5.74) is -0.878. The molecule has 1 saturated heterocycles. The Bertz CT molecular complexity index is 1150. The lowest BCUT2D eigenvalue weighted by Gasteiger charge is -2.45. The van der Waals surface area contributed by atoms with E-state index in [0.717, 1.165) is 24.6 Å². The molecule has 2 amide bonds. The number of fused-ring (bicyclic) bond motifs is 1. The molecule has 0 spiro atoms. The van der Waals surface area contributed by atoms with Crippen molar-refractivity contribution in [2.45, 2.75) is 56.0 Å². The SMILES string of the molecule is COc1cc(C23CCC(NC(=O)Nc4cc(F)cc(C(F)(F)F)c4)CC2N(C)CC3)ccc1OC(F)F. The third-order valence-electron chi connectivity index (χ3n) is 7.30. The number of halogens is 6. The number of rotatable bonds is 6. The third-order valence-corrected chi connectivity index (χ3v) is 7.30. The number of urea groups is 1. The van der Waals surface area contributed by atoms with Crippen molar-refractivity contribution in [3.63, 3.8) is 0 Å². The number of nitrogens with zero attached hydrogens (tertiary/aromatic N) is 1. The average Bonchev–Trinajstić information content (AvgIpc) is 3.15. The van der Waals surface area contributed by atoms with E-state index in [-0.39, 0.29) is 34.7 Å². The number of likely N-dealkylation sites (tertiary alicyclic amines) is 1. The molecule has 37 heavy (non-hydrogen) atoms. The van der Waals surface area contributed by atoms with Gasteiger partial charge in [0.1, 0.15) is 5.82 Å². The molecule has 2 fully saturated rings.